The summed E-state index contributed by atoms with van der Waals surface area (Å²) in [5.41, 5.74) is 0.165. The highest BCUT2D eigenvalue weighted by atomic mass is 16.6. The Balaban J connectivity index is 2.16. The Morgan fingerprint density at radius 2 is 1.90 bits per heavy atom. The Bertz CT molecular complexity index is 925. The number of unbranched alkanes of at least 4 members (excludes halogenated alkanes) is 1. The van der Waals surface area contributed by atoms with Crippen LogP contribution in [0.4, 0.5) is 4.79 Å². The molecule has 0 aliphatic carbocycles. The van der Waals surface area contributed by atoms with E-state index in [1.807, 2.05) is 0 Å². The first-order valence-corrected chi connectivity index (χ1v) is 9.91. The van der Waals surface area contributed by atoms with Crippen LogP contribution >= 0.6 is 0 Å². The smallest absolute Gasteiger partial charge is 0.408 e. The monoisotopic (exact) mass is 403 g/mol. The number of aryl methyl sites for hydroxylation is 1. The fourth-order valence-corrected chi connectivity index (χ4v) is 2.81. The molecule has 2 rings (SSSR count). The van der Waals surface area contributed by atoms with Crippen LogP contribution in [0.15, 0.2) is 33.5 Å². The molecule has 0 saturated heterocycles. The van der Waals surface area contributed by atoms with E-state index in [2.05, 4.69) is 12.2 Å². The predicted molar refractivity (Wildman–Crippen MR) is 110 cm³/mol. The van der Waals surface area contributed by atoms with Gasteiger partial charge >= 0.3 is 17.7 Å². The number of carbonyl (C=O) groups is 2. The molecule has 2 aromatic rings. The number of rotatable bonds is 7. The lowest BCUT2D eigenvalue weighted by molar-refractivity contribution is -0.136. The SMILES string of the molecule is CCCCc1cc(=O)oc2cc(OC(=O)[C@H](CC)NC(=O)OC(C)(C)C)ccc12. The van der Waals surface area contributed by atoms with Crippen molar-refractivity contribution in [1.29, 1.82) is 0 Å². The zero-order valence-electron chi connectivity index (χ0n) is 17.7. The largest absolute Gasteiger partial charge is 0.444 e. The van der Waals surface area contributed by atoms with Crippen molar-refractivity contribution >= 4 is 23.0 Å². The summed E-state index contributed by atoms with van der Waals surface area (Å²) >= 11 is 0. The van der Waals surface area contributed by atoms with Gasteiger partial charge in [-0.05, 0) is 57.7 Å². The van der Waals surface area contributed by atoms with Crippen molar-refractivity contribution in [3.05, 3.63) is 40.2 Å². The minimum absolute atomic E-state index is 0.239. The molecule has 1 amide bonds. The van der Waals surface area contributed by atoms with Crippen LogP contribution in [0, 0.1) is 0 Å². The van der Waals surface area contributed by atoms with Crippen LogP contribution in [0.1, 0.15) is 59.4 Å². The fraction of sp³-hybridized carbons (Fsp3) is 0.500. The van der Waals surface area contributed by atoms with Gasteiger partial charge in [0.1, 0.15) is 23.0 Å². The van der Waals surface area contributed by atoms with Gasteiger partial charge in [-0.25, -0.2) is 14.4 Å². The molecule has 0 unspecified atom stereocenters. The van der Waals surface area contributed by atoms with Gasteiger partial charge in [-0.2, -0.15) is 0 Å². The molecule has 0 saturated carbocycles. The topological polar surface area (TPSA) is 94.8 Å². The zero-order chi connectivity index (χ0) is 21.6. The summed E-state index contributed by atoms with van der Waals surface area (Å²) < 4.78 is 15.8. The van der Waals surface area contributed by atoms with Crippen LogP contribution in [0.2, 0.25) is 0 Å². The summed E-state index contributed by atoms with van der Waals surface area (Å²) in [6, 6.07) is 5.58. The molecule has 0 aliphatic rings. The number of esters is 1. The van der Waals surface area contributed by atoms with Crippen LogP contribution in [-0.2, 0) is 16.0 Å². The summed E-state index contributed by atoms with van der Waals surface area (Å²) in [6.07, 6.45) is 2.40. The van der Waals surface area contributed by atoms with E-state index in [0.717, 1.165) is 30.2 Å². The van der Waals surface area contributed by atoms with Crippen molar-refractivity contribution in [2.75, 3.05) is 0 Å². The maximum Gasteiger partial charge on any atom is 0.408 e. The van der Waals surface area contributed by atoms with Crippen molar-refractivity contribution in [2.24, 2.45) is 0 Å². The number of ether oxygens (including phenoxy) is 2. The van der Waals surface area contributed by atoms with E-state index >= 15 is 0 Å². The third-order valence-electron chi connectivity index (χ3n) is 4.20. The number of benzene rings is 1. The second kappa shape index (κ2) is 9.58. The lowest BCUT2D eigenvalue weighted by atomic mass is 10.0. The second-order valence-corrected chi connectivity index (χ2v) is 7.88. The van der Waals surface area contributed by atoms with Crippen molar-refractivity contribution in [3.63, 3.8) is 0 Å². The summed E-state index contributed by atoms with van der Waals surface area (Å²) in [5.74, 6) is -0.384. The maximum atomic E-state index is 12.5. The average Bonchev–Trinajstić information content (AvgIpc) is 2.62. The molecule has 1 aromatic heterocycles. The zero-order valence-corrected chi connectivity index (χ0v) is 17.7. The van der Waals surface area contributed by atoms with Gasteiger partial charge in [0, 0.05) is 17.5 Å². The lowest BCUT2D eigenvalue weighted by Crippen LogP contribution is -2.44. The number of amides is 1. The highest BCUT2D eigenvalue weighted by Crippen LogP contribution is 2.24. The van der Waals surface area contributed by atoms with Gasteiger partial charge in [0.05, 0.1) is 0 Å². The molecule has 1 atom stereocenters. The summed E-state index contributed by atoms with van der Waals surface area (Å²) in [4.78, 5) is 36.3. The normalized spacial score (nSPS) is 12.4. The van der Waals surface area contributed by atoms with Crippen LogP contribution in [0.5, 0.6) is 5.75 Å². The van der Waals surface area contributed by atoms with E-state index in [0.29, 0.717) is 12.0 Å². The molecular formula is C22H29NO6. The molecule has 0 spiro atoms. The van der Waals surface area contributed by atoms with E-state index in [4.69, 9.17) is 13.9 Å². The number of hydrogen-bond acceptors (Lipinski definition) is 6. The first kappa shape index (κ1) is 22.5. The number of nitrogens with one attached hydrogen (secondary N) is 1. The molecule has 0 fully saturated rings. The average molecular weight is 403 g/mol. The van der Waals surface area contributed by atoms with Gasteiger partial charge in [0.2, 0.25) is 0 Å². The van der Waals surface area contributed by atoms with Gasteiger partial charge in [0.15, 0.2) is 0 Å². The molecule has 7 heteroatoms. The van der Waals surface area contributed by atoms with Crippen molar-refractivity contribution in [3.8, 4) is 5.75 Å². The van der Waals surface area contributed by atoms with E-state index < -0.39 is 29.3 Å². The molecule has 158 valence electrons. The Hall–Kier alpha value is -2.83. The molecule has 1 N–H and O–H groups in total. The minimum atomic E-state index is -0.858. The third-order valence-corrected chi connectivity index (χ3v) is 4.20. The number of alkyl carbamates (subject to hydrolysis) is 1. The third kappa shape index (κ3) is 6.62. The summed E-state index contributed by atoms with van der Waals surface area (Å²) in [6.45, 7) is 9.06. The van der Waals surface area contributed by atoms with Crippen molar-refractivity contribution in [2.45, 2.75) is 71.9 Å². The molecule has 0 radical (unpaired) electrons. The Morgan fingerprint density at radius 3 is 2.52 bits per heavy atom. The summed E-state index contributed by atoms with van der Waals surface area (Å²) in [7, 11) is 0. The van der Waals surface area contributed by atoms with E-state index in [1.54, 1.807) is 39.8 Å². The highest BCUT2D eigenvalue weighted by Gasteiger charge is 2.24. The highest BCUT2D eigenvalue weighted by molar-refractivity contribution is 5.85. The molecule has 7 nitrogen and oxygen atoms in total. The van der Waals surface area contributed by atoms with Gasteiger partial charge in [-0.3, -0.25) is 0 Å². The van der Waals surface area contributed by atoms with Crippen molar-refractivity contribution < 1.29 is 23.5 Å². The van der Waals surface area contributed by atoms with E-state index in [9.17, 15) is 14.4 Å². The Labute approximate surface area is 170 Å². The molecule has 1 heterocycles. The molecule has 0 aliphatic heterocycles. The number of hydrogen-bond donors (Lipinski definition) is 1. The van der Waals surface area contributed by atoms with Gasteiger partial charge in [-0.1, -0.05) is 20.3 Å². The molecule has 29 heavy (non-hydrogen) atoms. The molecule has 0 bridgehead atoms. The fourth-order valence-electron chi connectivity index (χ4n) is 2.81. The standard InChI is InChI=1S/C22H29NO6/c1-6-8-9-14-12-19(24)28-18-13-15(10-11-16(14)18)27-20(25)17(7-2)23-21(26)29-22(3,4)5/h10-13,17H,6-9H2,1-5H3,(H,23,26)/t17-/m0/s1. The first-order valence-electron chi connectivity index (χ1n) is 9.91. The van der Waals surface area contributed by atoms with Crippen LogP contribution < -0.4 is 15.7 Å². The minimum Gasteiger partial charge on any atom is -0.444 e. The van der Waals surface area contributed by atoms with Crippen LogP contribution in [0.3, 0.4) is 0 Å². The van der Waals surface area contributed by atoms with Crippen LogP contribution in [-0.4, -0.2) is 23.7 Å². The predicted octanol–water partition coefficient (Wildman–Crippen LogP) is 4.34. The van der Waals surface area contributed by atoms with Crippen molar-refractivity contribution in [1.82, 2.24) is 5.32 Å². The van der Waals surface area contributed by atoms with Gasteiger partial charge < -0.3 is 19.2 Å². The second-order valence-electron chi connectivity index (χ2n) is 7.88. The molecule has 1 aromatic carbocycles. The number of carbonyl (C=O) groups excluding carboxylic acids is 2. The summed E-state index contributed by atoms with van der Waals surface area (Å²) in [5, 5.41) is 3.33. The molecular weight excluding hydrogens is 374 g/mol. The quantitative estimate of drug-likeness (QED) is 0.420. The Morgan fingerprint density at radius 1 is 1.17 bits per heavy atom. The van der Waals surface area contributed by atoms with Gasteiger partial charge in [0.25, 0.3) is 0 Å². The van der Waals surface area contributed by atoms with E-state index in [1.165, 1.54) is 12.1 Å². The van der Waals surface area contributed by atoms with Crippen LogP contribution in [0.25, 0.3) is 11.0 Å². The lowest BCUT2D eigenvalue weighted by Gasteiger charge is -2.22. The number of fused-ring (bicyclic) bond motifs is 1. The Kier molecular flexibility index (Phi) is 7.42. The van der Waals surface area contributed by atoms with E-state index in [-0.39, 0.29) is 5.75 Å². The van der Waals surface area contributed by atoms with Gasteiger partial charge in [-0.15, -0.1) is 0 Å². The first-order chi connectivity index (χ1) is 13.6. The maximum absolute atomic E-state index is 12.5.